The van der Waals surface area contributed by atoms with Gasteiger partial charge in [-0.25, -0.2) is 8.78 Å². The van der Waals surface area contributed by atoms with Crippen LogP contribution in [-0.4, -0.2) is 6.04 Å². The molecule has 1 aromatic rings. The monoisotopic (exact) mass is 268 g/mol. The first kappa shape index (κ1) is 14.4. The van der Waals surface area contributed by atoms with Crippen LogP contribution in [0.25, 0.3) is 0 Å². The normalized spacial score (nSPS) is 25.3. The van der Waals surface area contributed by atoms with Crippen LogP contribution < -0.4 is 11.3 Å². The first-order valence-corrected chi connectivity index (χ1v) is 7.00. The van der Waals surface area contributed by atoms with Gasteiger partial charge < -0.3 is 0 Å². The molecule has 0 heterocycles. The van der Waals surface area contributed by atoms with Gasteiger partial charge in [0.15, 0.2) is 11.6 Å². The van der Waals surface area contributed by atoms with Crippen molar-refractivity contribution >= 4 is 0 Å². The predicted octanol–water partition coefficient (Wildman–Crippen LogP) is 3.17. The third kappa shape index (κ3) is 3.74. The van der Waals surface area contributed by atoms with Crippen LogP contribution in [0, 0.1) is 23.5 Å². The second kappa shape index (κ2) is 6.44. The number of hydrogen-bond donors (Lipinski definition) is 2. The number of benzene rings is 1. The third-order valence-electron chi connectivity index (χ3n) is 4.20. The standard InChI is InChI=1S/C15H22F2N2/c1-10-3-2-4-12(7-10)15(19-18)9-11-5-6-13(16)14(17)8-11/h5-6,8,10,12,15,19H,2-4,7,9,18H2,1H3. The molecule has 2 rings (SSSR count). The molecule has 0 spiro atoms. The lowest BCUT2D eigenvalue weighted by Crippen LogP contribution is -2.44. The second-order valence-electron chi connectivity index (χ2n) is 5.76. The highest BCUT2D eigenvalue weighted by Crippen LogP contribution is 2.31. The SMILES string of the molecule is CC1CCCC(C(Cc2ccc(F)c(F)c2)NN)C1. The van der Waals surface area contributed by atoms with Crippen LogP contribution in [0.5, 0.6) is 0 Å². The van der Waals surface area contributed by atoms with Gasteiger partial charge in [-0.15, -0.1) is 0 Å². The summed E-state index contributed by atoms with van der Waals surface area (Å²) in [5, 5.41) is 0. The average Bonchev–Trinajstić information content (AvgIpc) is 2.40. The molecule has 1 aliphatic rings. The van der Waals surface area contributed by atoms with Gasteiger partial charge in [0.2, 0.25) is 0 Å². The second-order valence-corrected chi connectivity index (χ2v) is 5.76. The zero-order valence-corrected chi connectivity index (χ0v) is 11.3. The fraction of sp³-hybridized carbons (Fsp3) is 0.600. The molecule has 19 heavy (non-hydrogen) atoms. The fourth-order valence-electron chi connectivity index (χ4n) is 3.13. The molecular formula is C15H22F2N2. The van der Waals surface area contributed by atoms with Gasteiger partial charge in [-0.2, -0.15) is 0 Å². The molecule has 2 nitrogen and oxygen atoms in total. The average molecular weight is 268 g/mol. The summed E-state index contributed by atoms with van der Waals surface area (Å²) in [7, 11) is 0. The molecule has 0 aliphatic heterocycles. The van der Waals surface area contributed by atoms with E-state index < -0.39 is 11.6 Å². The molecule has 0 amide bonds. The van der Waals surface area contributed by atoms with Crippen molar-refractivity contribution in [3.05, 3.63) is 35.4 Å². The van der Waals surface area contributed by atoms with Crippen molar-refractivity contribution in [3.63, 3.8) is 0 Å². The molecule has 4 heteroatoms. The Bertz CT molecular complexity index is 423. The molecule has 1 aliphatic carbocycles. The lowest BCUT2D eigenvalue weighted by Gasteiger charge is -2.33. The summed E-state index contributed by atoms with van der Waals surface area (Å²) in [6.07, 6.45) is 5.45. The zero-order valence-electron chi connectivity index (χ0n) is 11.3. The topological polar surface area (TPSA) is 38.0 Å². The van der Waals surface area contributed by atoms with Crippen molar-refractivity contribution in [1.29, 1.82) is 0 Å². The van der Waals surface area contributed by atoms with E-state index in [1.54, 1.807) is 6.07 Å². The van der Waals surface area contributed by atoms with Crippen LogP contribution in [0.2, 0.25) is 0 Å². The molecule has 0 aromatic heterocycles. The van der Waals surface area contributed by atoms with E-state index in [0.717, 1.165) is 24.3 Å². The number of hydrogen-bond acceptors (Lipinski definition) is 2. The Kier molecular flexibility index (Phi) is 4.88. The number of halogens is 2. The summed E-state index contributed by atoms with van der Waals surface area (Å²) in [5.74, 6) is 5.30. The number of hydrazine groups is 1. The summed E-state index contributed by atoms with van der Waals surface area (Å²) in [6, 6.07) is 4.22. The number of rotatable bonds is 4. The zero-order chi connectivity index (χ0) is 13.8. The van der Waals surface area contributed by atoms with E-state index in [1.165, 1.54) is 25.0 Å². The van der Waals surface area contributed by atoms with Crippen molar-refractivity contribution in [2.45, 2.75) is 45.1 Å². The van der Waals surface area contributed by atoms with E-state index in [4.69, 9.17) is 5.84 Å². The van der Waals surface area contributed by atoms with E-state index in [2.05, 4.69) is 12.3 Å². The minimum absolute atomic E-state index is 0.132. The Balaban J connectivity index is 2.03. The molecular weight excluding hydrogens is 246 g/mol. The largest absolute Gasteiger partial charge is 0.271 e. The molecule has 3 N–H and O–H groups in total. The van der Waals surface area contributed by atoms with Gasteiger partial charge in [0.05, 0.1) is 0 Å². The summed E-state index contributed by atoms with van der Waals surface area (Å²) >= 11 is 0. The number of nitrogens with two attached hydrogens (primary N) is 1. The van der Waals surface area contributed by atoms with Gasteiger partial charge in [-0.05, 0) is 48.8 Å². The molecule has 1 aromatic carbocycles. The minimum atomic E-state index is -0.799. The van der Waals surface area contributed by atoms with Gasteiger partial charge in [0.25, 0.3) is 0 Å². The Labute approximate surface area is 113 Å². The predicted molar refractivity (Wildman–Crippen MR) is 72.3 cm³/mol. The minimum Gasteiger partial charge on any atom is -0.271 e. The highest BCUT2D eigenvalue weighted by atomic mass is 19.2. The van der Waals surface area contributed by atoms with Crippen LogP contribution in [-0.2, 0) is 6.42 Å². The van der Waals surface area contributed by atoms with Crippen molar-refractivity contribution in [2.24, 2.45) is 17.7 Å². The molecule has 0 saturated heterocycles. The van der Waals surface area contributed by atoms with E-state index in [1.807, 2.05) is 0 Å². The van der Waals surface area contributed by atoms with Crippen molar-refractivity contribution in [1.82, 2.24) is 5.43 Å². The molecule has 1 fully saturated rings. The number of nitrogens with one attached hydrogen (secondary N) is 1. The van der Waals surface area contributed by atoms with Crippen LogP contribution in [0.15, 0.2) is 18.2 Å². The maximum atomic E-state index is 13.2. The Morgan fingerprint density at radius 1 is 1.32 bits per heavy atom. The summed E-state index contributed by atoms with van der Waals surface area (Å²) in [6.45, 7) is 2.26. The van der Waals surface area contributed by atoms with E-state index in [9.17, 15) is 8.78 Å². The van der Waals surface area contributed by atoms with Crippen LogP contribution in [0.4, 0.5) is 8.78 Å². The summed E-state index contributed by atoms with van der Waals surface area (Å²) in [4.78, 5) is 0. The Morgan fingerprint density at radius 3 is 2.74 bits per heavy atom. The molecule has 0 bridgehead atoms. The van der Waals surface area contributed by atoms with E-state index in [0.29, 0.717) is 12.3 Å². The first-order valence-electron chi connectivity index (χ1n) is 7.00. The Morgan fingerprint density at radius 2 is 2.11 bits per heavy atom. The summed E-state index contributed by atoms with van der Waals surface area (Å²) in [5.41, 5.74) is 3.65. The Hall–Kier alpha value is -1.00. The maximum absolute atomic E-state index is 13.2. The van der Waals surface area contributed by atoms with Gasteiger partial charge in [0.1, 0.15) is 0 Å². The van der Waals surface area contributed by atoms with E-state index in [-0.39, 0.29) is 6.04 Å². The molecule has 106 valence electrons. The van der Waals surface area contributed by atoms with Crippen molar-refractivity contribution in [3.8, 4) is 0 Å². The third-order valence-corrected chi connectivity index (χ3v) is 4.20. The quantitative estimate of drug-likeness (QED) is 0.650. The molecule has 3 atom stereocenters. The van der Waals surface area contributed by atoms with Gasteiger partial charge in [-0.3, -0.25) is 11.3 Å². The van der Waals surface area contributed by atoms with Gasteiger partial charge in [0, 0.05) is 6.04 Å². The highest BCUT2D eigenvalue weighted by Gasteiger charge is 2.26. The fourth-order valence-corrected chi connectivity index (χ4v) is 3.13. The molecule has 0 radical (unpaired) electrons. The van der Waals surface area contributed by atoms with Crippen molar-refractivity contribution in [2.75, 3.05) is 0 Å². The van der Waals surface area contributed by atoms with E-state index >= 15 is 0 Å². The lowest BCUT2D eigenvalue weighted by molar-refractivity contribution is 0.222. The first-order chi connectivity index (χ1) is 9.10. The maximum Gasteiger partial charge on any atom is 0.159 e. The molecule has 1 saturated carbocycles. The smallest absolute Gasteiger partial charge is 0.159 e. The van der Waals surface area contributed by atoms with Gasteiger partial charge in [-0.1, -0.05) is 25.8 Å². The highest BCUT2D eigenvalue weighted by molar-refractivity contribution is 5.19. The van der Waals surface area contributed by atoms with Crippen LogP contribution >= 0.6 is 0 Å². The molecule has 3 unspecified atom stereocenters. The van der Waals surface area contributed by atoms with Crippen molar-refractivity contribution < 1.29 is 8.78 Å². The van der Waals surface area contributed by atoms with Gasteiger partial charge >= 0.3 is 0 Å². The lowest BCUT2D eigenvalue weighted by atomic mass is 9.77. The van der Waals surface area contributed by atoms with Crippen LogP contribution in [0.3, 0.4) is 0 Å². The van der Waals surface area contributed by atoms with Crippen LogP contribution in [0.1, 0.15) is 38.2 Å². The summed E-state index contributed by atoms with van der Waals surface area (Å²) < 4.78 is 26.1.